The quantitative estimate of drug-likeness (QED) is 0.270. The lowest BCUT2D eigenvalue weighted by molar-refractivity contribution is -0.149. The zero-order chi connectivity index (χ0) is 27.5. The molecule has 3 aromatic rings. The molecule has 3 aromatic carbocycles. The number of methoxy groups -OCH3 is 1. The summed E-state index contributed by atoms with van der Waals surface area (Å²) in [5.74, 6) is -2.14. The molecule has 0 fully saturated rings. The molecule has 2 unspecified atom stereocenters. The van der Waals surface area contributed by atoms with E-state index in [0.717, 1.165) is 0 Å². The van der Waals surface area contributed by atoms with Gasteiger partial charge in [0.1, 0.15) is 0 Å². The Hall–Kier alpha value is -3.53. The van der Waals surface area contributed by atoms with Gasteiger partial charge in [0.25, 0.3) is 10.0 Å². The molecule has 0 aliphatic carbocycles. The van der Waals surface area contributed by atoms with Crippen LogP contribution in [-0.2, 0) is 34.6 Å². The third kappa shape index (κ3) is 5.22. The van der Waals surface area contributed by atoms with Crippen LogP contribution in [0.3, 0.4) is 0 Å². The summed E-state index contributed by atoms with van der Waals surface area (Å²) in [5.41, 5.74) is -0.0598. The lowest BCUT2D eigenvalue weighted by Gasteiger charge is -2.33. The smallest absolute Gasteiger partial charge is 0.337 e. The first kappa shape index (κ1) is 27.5. The monoisotopic (exact) mass is 574 g/mol. The van der Waals surface area contributed by atoms with Crippen LogP contribution in [0, 0.1) is 0 Å². The van der Waals surface area contributed by atoms with Crippen LogP contribution >= 0.6 is 23.2 Å². The van der Waals surface area contributed by atoms with E-state index in [1.54, 1.807) is 49.4 Å². The SMILES string of the molecule is CCOC(=O)C1(c2cccc(NS(=O)(=O)c3ccccc3)c2)Nc2cc(Cl)cc(Cl)c2C1C=CC(=O)OC. The number of esters is 2. The van der Waals surface area contributed by atoms with Crippen molar-refractivity contribution < 1.29 is 27.5 Å². The number of ether oxygens (including phenoxy) is 2. The molecule has 8 nitrogen and oxygen atoms in total. The van der Waals surface area contributed by atoms with Crippen molar-refractivity contribution >= 4 is 56.5 Å². The molecule has 0 bridgehead atoms. The van der Waals surface area contributed by atoms with E-state index in [-0.39, 0.29) is 22.2 Å². The average molecular weight is 575 g/mol. The van der Waals surface area contributed by atoms with E-state index in [2.05, 4.69) is 10.0 Å². The Kier molecular flexibility index (Phi) is 8.01. The summed E-state index contributed by atoms with van der Waals surface area (Å²) in [4.78, 5) is 25.8. The van der Waals surface area contributed by atoms with Crippen LogP contribution in [0.15, 0.2) is 83.8 Å². The topological polar surface area (TPSA) is 111 Å². The number of anilines is 2. The van der Waals surface area contributed by atoms with E-state index in [1.165, 1.54) is 43.5 Å². The van der Waals surface area contributed by atoms with E-state index < -0.39 is 33.4 Å². The van der Waals surface area contributed by atoms with E-state index in [9.17, 15) is 18.0 Å². The van der Waals surface area contributed by atoms with Gasteiger partial charge in [0, 0.05) is 39.0 Å². The molecular weight excluding hydrogens is 551 g/mol. The standard InChI is InChI=1S/C27H24Cl2N2O6S/c1-3-37-26(33)27(17-8-7-9-19(14-17)31-38(34,35)20-10-5-4-6-11-20)21(12-13-24(32)36-2)25-22(29)15-18(28)16-23(25)30-27/h4-16,21,30-31H,3H2,1-2H3. The highest BCUT2D eigenvalue weighted by Gasteiger charge is 2.54. The molecule has 1 heterocycles. The normalized spacial score (nSPS) is 18.5. The van der Waals surface area contributed by atoms with Crippen molar-refractivity contribution in [3.8, 4) is 0 Å². The number of rotatable bonds is 8. The maximum atomic E-state index is 13.7. The van der Waals surface area contributed by atoms with Gasteiger partial charge >= 0.3 is 11.9 Å². The van der Waals surface area contributed by atoms with E-state index in [0.29, 0.717) is 21.8 Å². The fraction of sp³-hybridized carbons (Fsp3) is 0.185. The first-order valence-electron chi connectivity index (χ1n) is 11.5. The van der Waals surface area contributed by atoms with Crippen LogP contribution < -0.4 is 10.0 Å². The molecule has 0 saturated heterocycles. The van der Waals surface area contributed by atoms with E-state index in [4.69, 9.17) is 32.7 Å². The van der Waals surface area contributed by atoms with Gasteiger partial charge in [-0.15, -0.1) is 0 Å². The summed E-state index contributed by atoms with van der Waals surface area (Å²) in [6.45, 7) is 1.74. The molecule has 0 radical (unpaired) electrons. The molecule has 198 valence electrons. The van der Waals surface area contributed by atoms with Crippen LogP contribution in [0.2, 0.25) is 10.0 Å². The van der Waals surface area contributed by atoms with Crippen molar-refractivity contribution in [2.24, 2.45) is 0 Å². The number of nitrogens with one attached hydrogen (secondary N) is 2. The summed E-state index contributed by atoms with van der Waals surface area (Å²) in [6, 6.07) is 17.4. The van der Waals surface area contributed by atoms with Gasteiger partial charge in [0.2, 0.25) is 0 Å². The summed E-state index contributed by atoms with van der Waals surface area (Å²) in [5, 5.41) is 3.82. The van der Waals surface area contributed by atoms with Gasteiger partial charge in [0.05, 0.1) is 18.6 Å². The Morgan fingerprint density at radius 1 is 1.08 bits per heavy atom. The highest BCUT2D eigenvalue weighted by atomic mass is 35.5. The van der Waals surface area contributed by atoms with Gasteiger partial charge in [-0.25, -0.2) is 18.0 Å². The number of benzene rings is 3. The van der Waals surface area contributed by atoms with Crippen molar-refractivity contribution in [3.05, 3.63) is 100 Å². The van der Waals surface area contributed by atoms with Crippen molar-refractivity contribution in [1.29, 1.82) is 0 Å². The average Bonchev–Trinajstić information content (AvgIpc) is 3.23. The van der Waals surface area contributed by atoms with Crippen molar-refractivity contribution in [2.45, 2.75) is 23.3 Å². The van der Waals surface area contributed by atoms with E-state index in [1.807, 2.05) is 0 Å². The molecule has 0 aromatic heterocycles. The predicted molar refractivity (Wildman–Crippen MR) is 146 cm³/mol. The zero-order valence-electron chi connectivity index (χ0n) is 20.4. The first-order chi connectivity index (χ1) is 18.1. The van der Waals surface area contributed by atoms with Crippen LogP contribution in [-0.4, -0.2) is 34.1 Å². The van der Waals surface area contributed by atoms with E-state index >= 15 is 0 Å². The minimum absolute atomic E-state index is 0.0703. The molecule has 4 rings (SSSR count). The van der Waals surface area contributed by atoms with Gasteiger partial charge in [-0.05, 0) is 48.9 Å². The van der Waals surface area contributed by atoms with Gasteiger partial charge in [0.15, 0.2) is 5.54 Å². The van der Waals surface area contributed by atoms with Gasteiger partial charge in [-0.2, -0.15) is 0 Å². The second-order valence-corrected chi connectivity index (χ2v) is 10.9. The number of sulfonamides is 1. The molecule has 11 heteroatoms. The van der Waals surface area contributed by atoms with Crippen molar-refractivity contribution in [3.63, 3.8) is 0 Å². The molecule has 1 aliphatic heterocycles. The maximum Gasteiger partial charge on any atom is 0.337 e. The predicted octanol–water partition coefficient (Wildman–Crippen LogP) is 5.49. The molecule has 2 atom stereocenters. The highest BCUT2D eigenvalue weighted by molar-refractivity contribution is 7.92. The van der Waals surface area contributed by atoms with Gasteiger partial charge < -0.3 is 14.8 Å². The second kappa shape index (κ2) is 11.1. The Labute approximate surface area is 230 Å². The van der Waals surface area contributed by atoms with Crippen LogP contribution in [0.5, 0.6) is 0 Å². The fourth-order valence-electron chi connectivity index (χ4n) is 4.43. The number of carbonyl (C=O) groups excluding carboxylic acids is 2. The Morgan fingerprint density at radius 3 is 2.50 bits per heavy atom. The lowest BCUT2D eigenvalue weighted by Crippen LogP contribution is -2.45. The van der Waals surface area contributed by atoms with Crippen LogP contribution in [0.4, 0.5) is 11.4 Å². The maximum absolute atomic E-state index is 13.7. The summed E-state index contributed by atoms with van der Waals surface area (Å²) in [6.07, 6.45) is 2.70. The highest BCUT2D eigenvalue weighted by Crippen LogP contribution is 2.53. The molecule has 2 N–H and O–H groups in total. The molecule has 38 heavy (non-hydrogen) atoms. The third-order valence-corrected chi connectivity index (χ3v) is 7.98. The zero-order valence-corrected chi connectivity index (χ0v) is 22.7. The number of hydrogen-bond acceptors (Lipinski definition) is 7. The second-order valence-electron chi connectivity index (χ2n) is 8.36. The summed E-state index contributed by atoms with van der Waals surface area (Å²) in [7, 11) is -2.67. The fourth-order valence-corrected chi connectivity index (χ4v) is 6.11. The largest absolute Gasteiger partial charge is 0.466 e. The van der Waals surface area contributed by atoms with Crippen molar-refractivity contribution in [1.82, 2.24) is 0 Å². The van der Waals surface area contributed by atoms with Crippen LogP contribution in [0.25, 0.3) is 0 Å². The molecule has 0 amide bonds. The molecular formula is C27H24Cl2N2O6S. The first-order valence-corrected chi connectivity index (χ1v) is 13.7. The lowest BCUT2D eigenvalue weighted by atomic mass is 9.77. The molecule has 1 aliphatic rings. The van der Waals surface area contributed by atoms with Gasteiger partial charge in [-0.1, -0.05) is 59.6 Å². The Bertz CT molecular complexity index is 1510. The van der Waals surface area contributed by atoms with Crippen LogP contribution in [0.1, 0.15) is 24.0 Å². The minimum Gasteiger partial charge on any atom is -0.466 e. The number of halogens is 2. The number of carbonyl (C=O) groups is 2. The molecule has 0 saturated carbocycles. The summed E-state index contributed by atoms with van der Waals surface area (Å²) >= 11 is 12.8. The number of fused-ring (bicyclic) bond motifs is 1. The Morgan fingerprint density at radius 2 is 1.82 bits per heavy atom. The third-order valence-electron chi connectivity index (χ3n) is 6.05. The van der Waals surface area contributed by atoms with Crippen molar-refractivity contribution in [2.75, 3.05) is 23.8 Å². The summed E-state index contributed by atoms with van der Waals surface area (Å²) < 4.78 is 38.7. The number of hydrogen-bond donors (Lipinski definition) is 2. The molecule has 0 spiro atoms. The van der Waals surface area contributed by atoms with Gasteiger partial charge in [-0.3, -0.25) is 4.72 Å². The Balaban J connectivity index is 1.88. The minimum atomic E-state index is -3.91.